The van der Waals surface area contributed by atoms with E-state index in [0.29, 0.717) is 13.1 Å². The Kier molecular flexibility index (Phi) is 2.70. The highest BCUT2D eigenvalue weighted by Gasteiger charge is 2.10. The first-order chi connectivity index (χ1) is 5.74. The minimum absolute atomic E-state index is 0.230. The molecule has 0 fully saturated rings. The monoisotopic (exact) mass is 171 g/mol. The fourth-order valence-corrected chi connectivity index (χ4v) is 0.734. The van der Waals surface area contributed by atoms with Crippen LogP contribution in [0, 0.1) is 10.1 Å². The third-order valence-corrected chi connectivity index (χ3v) is 1.30. The van der Waals surface area contributed by atoms with Crippen LogP contribution in [0.15, 0.2) is 6.20 Å². The predicted octanol–water partition coefficient (Wildman–Crippen LogP) is -0.465. The van der Waals surface area contributed by atoms with Crippen LogP contribution in [0.3, 0.4) is 0 Å². The van der Waals surface area contributed by atoms with Gasteiger partial charge in [0.25, 0.3) is 0 Å². The summed E-state index contributed by atoms with van der Waals surface area (Å²) in [5.41, 5.74) is 5.25. The third kappa shape index (κ3) is 1.99. The summed E-state index contributed by atoms with van der Waals surface area (Å²) in [7, 11) is 0. The molecule has 12 heavy (non-hydrogen) atoms. The maximum Gasteiger partial charge on any atom is 0.410 e. The molecule has 1 heterocycles. The lowest BCUT2D eigenvalue weighted by Crippen LogP contribution is -2.06. The average molecular weight is 171 g/mol. The van der Waals surface area contributed by atoms with E-state index in [1.807, 2.05) is 0 Å². The quantitative estimate of drug-likeness (QED) is 0.487. The normalized spacial score (nSPS) is 10.1. The molecule has 7 nitrogen and oxygen atoms in total. The molecular formula is C5H9N5O2. The van der Waals surface area contributed by atoms with Crippen molar-refractivity contribution in [2.45, 2.75) is 13.0 Å². The number of hydrogen-bond acceptors (Lipinski definition) is 5. The zero-order valence-corrected chi connectivity index (χ0v) is 6.38. The fraction of sp³-hybridized carbons (Fsp3) is 0.600. The highest BCUT2D eigenvalue weighted by atomic mass is 16.6. The van der Waals surface area contributed by atoms with Gasteiger partial charge >= 0.3 is 5.82 Å². The molecular weight excluding hydrogens is 162 g/mol. The highest BCUT2D eigenvalue weighted by molar-refractivity contribution is 5.08. The zero-order valence-electron chi connectivity index (χ0n) is 6.38. The summed E-state index contributed by atoms with van der Waals surface area (Å²) < 4.78 is 1.41. The maximum absolute atomic E-state index is 10.2. The van der Waals surface area contributed by atoms with Crippen molar-refractivity contribution in [1.82, 2.24) is 15.0 Å². The molecule has 0 bridgehead atoms. The van der Waals surface area contributed by atoms with Crippen molar-refractivity contribution in [3.63, 3.8) is 0 Å². The van der Waals surface area contributed by atoms with Crippen molar-refractivity contribution in [2.24, 2.45) is 5.73 Å². The Bertz CT molecular complexity index is 271. The summed E-state index contributed by atoms with van der Waals surface area (Å²) in [6, 6.07) is 0. The van der Waals surface area contributed by atoms with Gasteiger partial charge in [-0.3, -0.25) is 0 Å². The lowest BCUT2D eigenvalue weighted by molar-refractivity contribution is -0.389. The molecule has 1 aromatic heterocycles. The molecule has 1 aromatic rings. The average Bonchev–Trinajstić information content (AvgIpc) is 2.48. The molecule has 0 amide bonds. The number of nitrogens with zero attached hydrogens (tertiary/aromatic N) is 4. The highest BCUT2D eigenvalue weighted by Crippen LogP contribution is 2.02. The largest absolute Gasteiger partial charge is 0.410 e. The van der Waals surface area contributed by atoms with Crippen LogP contribution in [0.1, 0.15) is 6.42 Å². The van der Waals surface area contributed by atoms with E-state index >= 15 is 0 Å². The van der Waals surface area contributed by atoms with E-state index in [2.05, 4.69) is 10.3 Å². The molecule has 0 saturated carbocycles. The van der Waals surface area contributed by atoms with E-state index in [9.17, 15) is 10.1 Å². The smallest absolute Gasteiger partial charge is 0.358 e. The molecule has 0 aliphatic rings. The number of rotatable bonds is 4. The van der Waals surface area contributed by atoms with Gasteiger partial charge in [-0.2, -0.15) is 0 Å². The van der Waals surface area contributed by atoms with E-state index < -0.39 is 4.92 Å². The summed E-state index contributed by atoms with van der Waals surface area (Å²) in [4.78, 5) is 9.58. The van der Waals surface area contributed by atoms with Gasteiger partial charge in [0.15, 0.2) is 0 Å². The van der Waals surface area contributed by atoms with E-state index in [1.165, 1.54) is 10.9 Å². The SMILES string of the molecule is NCCCn1cc([N+](=O)[O-])nn1. The molecule has 0 aliphatic carbocycles. The zero-order chi connectivity index (χ0) is 8.97. The van der Waals surface area contributed by atoms with Crippen molar-refractivity contribution in [3.05, 3.63) is 16.3 Å². The van der Waals surface area contributed by atoms with Crippen LogP contribution in [-0.4, -0.2) is 26.5 Å². The van der Waals surface area contributed by atoms with Crippen LogP contribution < -0.4 is 5.73 Å². The second kappa shape index (κ2) is 3.77. The van der Waals surface area contributed by atoms with E-state index in [-0.39, 0.29) is 5.82 Å². The van der Waals surface area contributed by atoms with Gasteiger partial charge in [0.1, 0.15) is 11.3 Å². The maximum atomic E-state index is 10.2. The van der Waals surface area contributed by atoms with Crippen molar-refractivity contribution in [2.75, 3.05) is 6.54 Å². The minimum Gasteiger partial charge on any atom is -0.358 e. The summed E-state index contributed by atoms with van der Waals surface area (Å²) in [5, 5.41) is 17.0. The summed E-state index contributed by atoms with van der Waals surface area (Å²) >= 11 is 0. The molecule has 2 N–H and O–H groups in total. The van der Waals surface area contributed by atoms with Crippen molar-refractivity contribution < 1.29 is 4.92 Å². The lowest BCUT2D eigenvalue weighted by atomic mass is 10.4. The number of hydrogen-bond donors (Lipinski definition) is 1. The summed E-state index contributed by atoms with van der Waals surface area (Å²) in [5.74, 6) is -0.230. The molecule has 66 valence electrons. The molecule has 0 aromatic carbocycles. The summed E-state index contributed by atoms with van der Waals surface area (Å²) in [6.07, 6.45) is 2.02. The Morgan fingerprint density at radius 3 is 3.00 bits per heavy atom. The van der Waals surface area contributed by atoms with Crippen molar-refractivity contribution >= 4 is 5.82 Å². The van der Waals surface area contributed by atoms with Gasteiger partial charge in [0.2, 0.25) is 0 Å². The van der Waals surface area contributed by atoms with Gasteiger partial charge < -0.3 is 15.8 Å². The van der Waals surface area contributed by atoms with Gasteiger partial charge in [-0.15, -0.1) is 0 Å². The molecule has 0 atom stereocenters. The van der Waals surface area contributed by atoms with E-state index in [0.717, 1.165) is 6.42 Å². The van der Waals surface area contributed by atoms with Crippen LogP contribution in [-0.2, 0) is 6.54 Å². The number of aromatic nitrogens is 3. The van der Waals surface area contributed by atoms with Crippen LogP contribution in [0.2, 0.25) is 0 Å². The molecule has 7 heteroatoms. The molecule has 0 spiro atoms. The number of aryl methyl sites for hydroxylation is 1. The Balaban J connectivity index is 2.58. The minimum atomic E-state index is -0.577. The van der Waals surface area contributed by atoms with E-state index in [1.54, 1.807) is 0 Å². The molecule has 1 rings (SSSR count). The Morgan fingerprint density at radius 1 is 1.75 bits per heavy atom. The Morgan fingerprint density at radius 2 is 2.50 bits per heavy atom. The van der Waals surface area contributed by atoms with Gasteiger partial charge in [-0.1, -0.05) is 0 Å². The first-order valence-corrected chi connectivity index (χ1v) is 3.48. The van der Waals surface area contributed by atoms with Gasteiger partial charge in [-0.05, 0) is 17.9 Å². The van der Waals surface area contributed by atoms with Crippen LogP contribution in [0.25, 0.3) is 0 Å². The molecule has 0 radical (unpaired) electrons. The first-order valence-electron chi connectivity index (χ1n) is 3.48. The molecule has 0 saturated heterocycles. The van der Waals surface area contributed by atoms with Crippen LogP contribution in [0.4, 0.5) is 5.82 Å². The second-order valence-corrected chi connectivity index (χ2v) is 2.24. The van der Waals surface area contributed by atoms with Crippen molar-refractivity contribution in [1.29, 1.82) is 0 Å². The standard InChI is InChI=1S/C5H9N5O2/c6-2-1-3-9-4-5(7-8-9)10(11)12/h4H,1-3,6H2. The van der Waals surface area contributed by atoms with Crippen molar-refractivity contribution in [3.8, 4) is 0 Å². The van der Waals surface area contributed by atoms with Gasteiger partial charge in [0.05, 0.1) is 5.21 Å². The Hall–Kier alpha value is -1.50. The first kappa shape index (κ1) is 8.60. The fourth-order valence-electron chi connectivity index (χ4n) is 0.734. The summed E-state index contributed by atoms with van der Waals surface area (Å²) in [6.45, 7) is 1.10. The lowest BCUT2D eigenvalue weighted by Gasteiger charge is -1.92. The third-order valence-electron chi connectivity index (χ3n) is 1.30. The van der Waals surface area contributed by atoms with Gasteiger partial charge in [0, 0.05) is 6.54 Å². The van der Waals surface area contributed by atoms with E-state index in [4.69, 9.17) is 5.73 Å². The van der Waals surface area contributed by atoms with Crippen LogP contribution in [0.5, 0.6) is 0 Å². The predicted molar refractivity (Wildman–Crippen MR) is 40.3 cm³/mol. The second-order valence-electron chi connectivity index (χ2n) is 2.24. The van der Waals surface area contributed by atoms with Gasteiger partial charge in [-0.25, -0.2) is 4.68 Å². The Labute approximate surface area is 68.3 Å². The molecule has 0 unspecified atom stereocenters. The molecule has 0 aliphatic heterocycles. The number of nitrogens with two attached hydrogens (primary N) is 1. The number of nitro groups is 1. The van der Waals surface area contributed by atoms with Crippen LogP contribution >= 0.6 is 0 Å². The topological polar surface area (TPSA) is 99.9 Å².